The summed E-state index contributed by atoms with van der Waals surface area (Å²) in [6, 6.07) is 21.3. The van der Waals surface area contributed by atoms with Crippen molar-refractivity contribution < 1.29 is 0 Å². The second-order valence-electron chi connectivity index (χ2n) is 5.49. The minimum absolute atomic E-state index is 0.947. The number of aromatic nitrogens is 1. The molecule has 0 saturated heterocycles. The van der Waals surface area contributed by atoms with Crippen LogP contribution in [0.3, 0.4) is 0 Å². The molecule has 2 heterocycles. The number of H-pyrrole nitrogens is 1. The maximum atomic E-state index is 3.68. The monoisotopic (exact) mass is 274 g/mol. The van der Waals surface area contributed by atoms with Gasteiger partial charge in [-0.3, -0.25) is 0 Å². The van der Waals surface area contributed by atoms with Crippen LogP contribution in [-0.4, -0.2) is 11.5 Å². The molecule has 0 radical (unpaired) electrons. The molecule has 0 saturated carbocycles. The van der Waals surface area contributed by atoms with Gasteiger partial charge in [-0.1, -0.05) is 60.7 Å². The fourth-order valence-electron chi connectivity index (χ4n) is 3.17. The van der Waals surface area contributed by atoms with Crippen LogP contribution in [0.2, 0.25) is 0 Å². The van der Waals surface area contributed by atoms with Gasteiger partial charge in [-0.05, 0) is 16.7 Å². The zero-order valence-corrected chi connectivity index (χ0v) is 11.9. The molecule has 0 bridgehead atoms. The van der Waals surface area contributed by atoms with Crippen LogP contribution in [-0.2, 0) is 13.0 Å². The quantitative estimate of drug-likeness (QED) is 0.726. The molecule has 0 unspecified atom stereocenters. The number of hydrogen-bond donors (Lipinski definition) is 2. The van der Waals surface area contributed by atoms with Crippen molar-refractivity contribution in [3.8, 4) is 22.4 Å². The Morgan fingerprint density at radius 2 is 1.43 bits per heavy atom. The molecule has 1 aromatic heterocycles. The molecule has 2 N–H and O–H groups in total. The van der Waals surface area contributed by atoms with E-state index in [0.717, 1.165) is 19.5 Å². The highest BCUT2D eigenvalue weighted by atomic mass is 14.9. The molecular weight excluding hydrogens is 256 g/mol. The van der Waals surface area contributed by atoms with Crippen LogP contribution in [0.4, 0.5) is 0 Å². The molecule has 104 valence electrons. The first-order valence-corrected chi connectivity index (χ1v) is 7.49. The van der Waals surface area contributed by atoms with Gasteiger partial charge in [0, 0.05) is 30.8 Å². The maximum Gasteiger partial charge on any atom is 0.0539 e. The van der Waals surface area contributed by atoms with E-state index in [2.05, 4.69) is 71.0 Å². The Morgan fingerprint density at radius 3 is 2.14 bits per heavy atom. The van der Waals surface area contributed by atoms with Gasteiger partial charge in [0.05, 0.1) is 5.69 Å². The largest absolute Gasteiger partial charge is 0.358 e. The number of nitrogens with one attached hydrogen (secondary N) is 2. The van der Waals surface area contributed by atoms with Crippen LogP contribution < -0.4 is 5.32 Å². The molecule has 0 spiro atoms. The van der Waals surface area contributed by atoms with E-state index in [-0.39, 0.29) is 0 Å². The van der Waals surface area contributed by atoms with Crippen LogP contribution in [0.5, 0.6) is 0 Å². The molecular formula is C19H18N2. The van der Waals surface area contributed by atoms with Gasteiger partial charge in [-0.2, -0.15) is 0 Å². The maximum absolute atomic E-state index is 3.68. The van der Waals surface area contributed by atoms with E-state index in [1.54, 1.807) is 0 Å². The van der Waals surface area contributed by atoms with Crippen molar-refractivity contribution in [1.29, 1.82) is 0 Å². The molecule has 0 amide bonds. The Balaban J connectivity index is 1.96. The van der Waals surface area contributed by atoms with Gasteiger partial charge in [-0.25, -0.2) is 0 Å². The smallest absolute Gasteiger partial charge is 0.0539 e. The molecule has 4 rings (SSSR count). The fraction of sp³-hybridized carbons (Fsp3) is 0.158. The van der Waals surface area contributed by atoms with Crippen LogP contribution in [0.15, 0.2) is 60.7 Å². The van der Waals surface area contributed by atoms with E-state index in [0.29, 0.717) is 0 Å². The van der Waals surface area contributed by atoms with Crippen molar-refractivity contribution in [1.82, 2.24) is 10.3 Å². The van der Waals surface area contributed by atoms with Gasteiger partial charge < -0.3 is 10.3 Å². The molecule has 3 aromatic rings. The first kappa shape index (κ1) is 12.4. The van der Waals surface area contributed by atoms with E-state index in [1.807, 2.05) is 0 Å². The highest BCUT2D eigenvalue weighted by Gasteiger charge is 2.21. The molecule has 0 aliphatic carbocycles. The van der Waals surface area contributed by atoms with Crippen molar-refractivity contribution in [2.45, 2.75) is 13.0 Å². The predicted molar refractivity (Wildman–Crippen MR) is 87.1 cm³/mol. The summed E-state index contributed by atoms with van der Waals surface area (Å²) in [5, 5.41) is 3.50. The Bertz CT molecular complexity index is 742. The SMILES string of the molecule is c1ccc(-c2[nH]c3c(c2-c2ccccc2)CNCC3)cc1. The number of aromatic amines is 1. The summed E-state index contributed by atoms with van der Waals surface area (Å²) in [7, 11) is 0. The normalized spacial score (nSPS) is 13.9. The van der Waals surface area contributed by atoms with Crippen LogP contribution in [0.1, 0.15) is 11.3 Å². The Kier molecular flexibility index (Phi) is 3.09. The zero-order valence-electron chi connectivity index (χ0n) is 11.9. The summed E-state index contributed by atoms with van der Waals surface area (Å²) >= 11 is 0. The first-order chi connectivity index (χ1) is 10.4. The third-order valence-electron chi connectivity index (χ3n) is 4.17. The van der Waals surface area contributed by atoms with E-state index < -0.39 is 0 Å². The summed E-state index contributed by atoms with van der Waals surface area (Å²) < 4.78 is 0. The van der Waals surface area contributed by atoms with Crippen LogP contribution in [0, 0.1) is 0 Å². The van der Waals surface area contributed by atoms with Gasteiger partial charge >= 0.3 is 0 Å². The van der Waals surface area contributed by atoms with E-state index >= 15 is 0 Å². The highest BCUT2D eigenvalue weighted by molar-refractivity contribution is 5.85. The standard InChI is InChI=1S/C19H18N2/c1-3-7-14(8-4-1)18-16-13-20-12-11-17(16)21-19(18)15-9-5-2-6-10-15/h1-10,20-21H,11-13H2. The second-order valence-corrected chi connectivity index (χ2v) is 5.49. The lowest BCUT2D eigenvalue weighted by Gasteiger charge is -2.14. The number of rotatable bonds is 2. The van der Waals surface area contributed by atoms with Crippen LogP contribution >= 0.6 is 0 Å². The minimum atomic E-state index is 0.947. The third kappa shape index (κ3) is 2.18. The molecule has 1 aliphatic heterocycles. The van der Waals surface area contributed by atoms with Gasteiger partial charge in [-0.15, -0.1) is 0 Å². The van der Waals surface area contributed by atoms with Gasteiger partial charge in [0.2, 0.25) is 0 Å². The van der Waals surface area contributed by atoms with Crippen molar-refractivity contribution in [2.75, 3.05) is 6.54 Å². The van der Waals surface area contributed by atoms with Crippen molar-refractivity contribution >= 4 is 0 Å². The number of benzene rings is 2. The van der Waals surface area contributed by atoms with E-state index in [4.69, 9.17) is 0 Å². The van der Waals surface area contributed by atoms with Gasteiger partial charge in [0.25, 0.3) is 0 Å². The predicted octanol–water partition coefficient (Wildman–Crippen LogP) is 3.99. The third-order valence-corrected chi connectivity index (χ3v) is 4.17. The average molecular weight is 274 g/mol. The molecule has 0 fully saturated rings. The lowest BCUT2D eigenvalue weighted by molar-refractivity contribution is 0.639. The average Bonchev–Trinajstić information content (AvgIpc) is 2.96. The van der Waals surface area contributed by atoms with Gasteiger partial charge in [0.1, 0.15) is 0 Å². The molecule has 0 atom stereocenters. The summed E-state index contributed by atoms with van der Waals surface area (Å²) in [5.74, 6) is 0. The molecule has 2 aromatic carbocycles. The van der Waals surface area contributed by atoms with E-state index in [1.165, 1.54) is 33.6 Å². The lowest BCUT2D eigenvalue weighted by atomic mass is 9.95. The zero-order chi connectivity index (χ0) is 14.1. The van der Waals surface area contributed by atoms with Crippen molar-refractivity contribution in [2.24, 2.45) is 0 Å². The number of fused-ring (bicyclic) bond motifs is 1. The minimum Gasteiger partial charge on any atom is -0.358 e. The van der Waals surface area contributed by atoms with E-state index in [9.17, 15) is 0 Å². The number of hydrogen-bond acceptors (Lipinski definition) is 1. The molecule has 2 heteroatoms. The summed E-state index contributed by atoms with van der Waals surface area (Å²) in [6.45, 7) is 2.00. The Labute approximate surface area is 124 Å². The summed E-state index contributed by atoms with van der Waals surface area (Å²) in [6.07, 6.45) is 1.07. The molecule has 21 heavy (non-hydrogen) atoms. The van der Waals surface area contributed by atoms with Gasteiger partial charge in [0.15, 0.2) is 0 Å². The topological polar surface area (TPSA) is 27.8 Å². The molecule has 1 aliphatic rings. The second kappa shape index (κ2) is 5.23. The Hall–Kier alpha value is -2.32. The van der Waals surface area contributed by atoms with Crippen LogP contribution in [0.25, 0.3) is 22.4 Å². The fourth-order valence-corrected chi connectivity index (χ4v) is 3.17. The first-order valence-electron chi connectivity index (χ1n) is 7.49. The Morgan fingerprint density at radius 1 is 0.762 bits per heavy atom. The van der Waals surface area contributed by atoms with Crippen molar-refractivity contribution in [3.05, 3.63) is 71.9 Å². The molecule has 2 nitrogen and oxygen atoms in total. The highest BCUT2D eigenvalue weighted by Crippen LogP contribution is 2.37. The lowest BCUT2D eigenvalue weighted by Crippen LogP contribution is -2.23. The summed E-state index contributed by atoms with van der Waals surface area (Å²) in [5.41, 5.74) is 7.94. The van der Waals surface area contributed by atoms with Crippen molar-refractivity contribution in [3.63, 3.8) is 0 Å². The summed E-state index contributed by atoms with van der Waals surface area (Å²) in [4.78, 5) is 3.68.